The van der Waals surface area contributed by atoms with E-state index in [9.17, 15) is 14.4 Å². The first kappa shape index (κ1) is 18.2. The monoisotopic (exact) mass is 340 g/mol. The Bertz CT molecular complexity index is 677. The largest absolute Gasteiger partial charge is 0.481 e. The fourth-order valence-corrected chi connectivity index (χ4v) is 2.32. The van der Waals surface area contributed by atoms with Gasteiger partial charge in [0.1, 0.15) is 0 Å². The number of nitrogens with zero attached hydrogens (tertiary/aromatic N) is 1. The predicted molar refractivity (Wildman–Crippen MR) is 94.5 cm³/mol. The van der Waals surface area contributed by atoms with Crippen molar-refractivity contribution < 1.29 is 19.5 Å². The third kappa shape index (κ3) is 5.76. The van der Waals surface area contributed by atoms with E-state index in [0.29, 0.717) is 0 Å². The molecule has 2 amide bonds. The fourth-order valence-electron chi connectivity index (χ4n) is 2.32. The molecule has 0 radical (unpaired) electrons. The van der Waals surface area contributed by atoms with Crippen molar-refractivity contribution in [3.8, 4) is 0 Å². The number of nitrogens with one attached hydrogen (secondary N) is 1. The van der Waals surface area contributed by atoms with Crippen LogP contribution < -0.4 is 10.2 Å². The molecule has 2 aromatic carbocycles. The smallest absolute Gasteiger partial charge is 0.303 e. The number of carboxylic acids is 1. The van der Waals surface area contributed by atoms with E-state index in [0.717, 1.165) is 11.4 Å². The lowest BCUT2D eigenvalue weighted by atomic mass is 10.2. The number of carbonyl (C=O) groups is 3. The molecule has 0 heterocycles. The van der Waals surface area contributed by atoms with E-state index in [1.807, 2.05) is 60.7 Å². The van der Waals surface area contributed by atoms with E-state index in [-0.39, 0.29) is 37.6 Å². The molecule has 0 saturated carbocycles. The molecule has 0 aliphatic heterocycles. The number of carboxylic acid groups (broad SMARTS) is 1. The van der Waals surface area contributed by atoms with Crippen molar-refractivity contribution in [2.45, 2.75) is 19.3 Å². The quantitative estimate of drug-likeness (QED) is 0.773. The lowest BCUT2D eigenvalue weighted by molar-refractivity contribution is -0.138. The van der Waals surface area contributed by atoms with Crippen LogP contribution in [-0.2, 0) is 14.4 Å². The Labute approximate surface area is 146 Å². The zero-order valence-corrected chi connectivity index (χ0v) is 13.7. The summed E-state index contributed by atoms with van der Waals surface area (Å²) in [5.41, 5.74) is 1.49. The molecule has 0 bridgehead atoms. The summed E-state index contributed by atoms with van der Waals surface area (Å²) >= 11 is 0. The number of anilines is 2. The van der Waals surface area contributed by atoms with Gasteiger partial charge in [0, 0.05) is 30.8 Å². The highest BCUT2D eigenvalue weighted by atomic mass is 16.4. The van der Waals surface area contributed by atoms with E-state index in [2.05, 4.69) is 5.32 Å². The number of para-hydroxylation sites is 2. The summed E-state index contributed by atoms with van der Waals surface area (Å²) < 4.78 is 0. The van der Waals surface area contributed by atoms with Gasteiger partial charge in [0.15, 0.2) is 0 Å². The maximum atomic E-state index is 12.7. The molecule has 0 aliphatic rings. The number of hydrogen-bond acceptors (Lipinski definition) is 3. The maximum absolute atomic E-state index is 12.7. The second-order valence-electron chi connectivity index (χ2n) is 5.39. The molecular formula is C19H20N2O4. The van der Waals surface area contributed by atoms with Crippen molar-refractivity contribution in [3.05, 3.63) is 60.7 Å². The fraction of sp³-hybridized carbons (Fsp3) is 0.211. The first-order chi connectivity index (χ1) is 12.1. The molecule has 25 heavy (non-hydrogen) atoms. The second-order valence-corrected chi connectivity index (χ2v) is 5.39. The van der Waals surface area contributed by atoms with Crippen molar-refractivity contribution in [2.24, 2.45) is 0 Å². The van der Waals surface area contributed by atoms with E-state index in [1.165, 1.54) is 0 Å². The number of aliphatic carboxylic acids is 1. The van der Waals surface area contributed by atoms with Crippen molar-refractivity contribution in [3.63, 3.8) is 0 Å². The summed E-state index contributed by atoms with van der Waals surface area (Å²) in [6.07, 6.45) is -0.201. The first-order valence-corrected chi connectivity index (χ1v) is 7.99. The van der Waals surface area contributed by atoms with Gasteiger partial charge in [-0.1, -0.05) is 36.4 Å². The number of hydrogen-bond donors (Lipinski definition) is 2. The van der Waals surface area contributed by atoms with Gasteiger partial charge in [-0.05, 0) is 24.3 Å². The first-order valence-electron chi connectivity index (χ1n) is 7.99. The Morgan fingerprint density at radius 3 is 1.80 bits per heavy atom. The summed E-state index contributed by atoms with van der Waals surface area (Å²) in [6.45, 7) is 0.160. The molecule has 0 aliphatic carbocycles. The average molecular weight is 340 g/mol. The lowest BCUT2D eigenvalue weighted by Crippen LogP contribution is -2.32. The van der Waals surface area contributed by atoms with Gasteiger partial charge in [0.2, 0.25) is 11.8 Å². The highest BCUT2D eigenvalue weighted by molar-refractivity contribution is 6.00. The minimum Gasteiger partial charge on any atom is -0.481 e. The van der Waals surface area contributed by atoms with Gasteiger partial charge in [-0.15, -0.1) is 0 Å². The van der Waals surface area contributed by atoms with Crippen LogP contribution in [0.1, 0.15) is 19.3 Å². The van der Waals surface area contributed by atoms with Crippen LogP contribution in [0.5, 0.6) is 0 Å². The number of rotatable bonds is 8. The highest BCUT2D eigenvalue weighted by Gasteiger charge is 2.17. The molecule has 0 fully saturated rings. The van der Waals surface area contributed by atoms with Crippen LogP contribution in [-0.4, -0.2) is 29.4 Å². The van der Waals surface area contributed by atoms with E-state index in [1.54, 1.807) is 4.90 Å². The summed E-state index contributed by atoms with van der Waals surface area (Å²) in [5, 5.41) is 11.1. The molecule has 0 unspecified atom stereocenters. The van der Waals surface area contributed by atoms with Crippen LogP contribution in [0.2, 0.25) is 0 Å². The van der Waals surface area contributed by atoms with Crippen molar-refractivity contribution in [1.29, 1.82) is 0 Å². The zero-order valence-electron chi connectivity index (χ0n) is 13.7. The second kappa shape index (κ2) is 9.22. The standard InChI is InChI=1S/C19H20N2O4/c22-17(11-12-19(24)25)20-14-13-18(23)21(15-7-3-1-4-8-15)16-9-5-2-6-10-16/h1-10H,11-14H2,(H,20,22)(H,24,25). The average Bonchev–Trinajstić information content (AvgIpc) is 2.62. The molecule has 2 N–H and O–H groups in total. The SMILES string of the molecule is O=C(O)CCC(=O)NCCC(=O)N(c1ccccc1)c1ccccc1. The van der Waals surface area contributed by atoms with Crippen LogP contribution in [0.25, 0.3) is 0 Å². The normalized spacial score (nSPS) is 10.1. The van der Waals surface area contributed by atoms with Gasteiger partial charge in [0.05, 0.1) is 6.42 Å². The molecular weight excluding hydrogens is 320 g/mol. The van der Waals surface area contributed by atoms with Crippen LogP contribution in [0.3, 0.4) is 0 Å². The Hall–Kier alpha value is -3.15. The van der Waals surface area contributed by atoms with Crippen LogP contribution in [0.15, 0.2) is 60.7 Å². The molecule has 6 heteroatoms. The summed E-state index contributed by atoms with van der Waals surface area (Å²) in [6, 6.07) is 18.5. The van der Waals surface area contributed by atoms with Crippen molar-refractivity contribution in [2.75, 3.05) is 11.4 Å². The summed E-state index contributed by atoms with van der Waals surface area (Å²) in [5.74, 6) is -1.55. The summed E-state index contributed by atoms with van der Waals surface area (Å²) in [7, 11) is 0. The Morgan fingerprint density at radius 2 is 1.32 bits per heavy atom. The molecule has 0 spiro atoms. The topological polar surface area (TPSA) is 86.7 Å². The number of amides is 2. The molecule has 6 nitrogen and oxygen atoms in total. The Balaban J connectivity index is 2.00. The zero-order chi connectivity index (χ0) is 18.1. The predicted octanol–water partition coefficient (Wildman–Crippen LogP) is 2.72. The molecule has 0 atom stereocenters. The number of benzene rings is 2. The van der Waals surface area contributed by atoms with E-state index >= 15 is 0 Å². The summed E-state index contributed by atoms with van der Waals surface area (Å²) in [4.78, 5) is 36.3. The third-order valence-corrected chi connectivity index (χ3v) is 3.51. The van der Waals surface area contributed by atoms with Crippen LogP contribution in [0.4, 0.5) is 11.4 Å². The molecule has 2 aromatic rings. The molecule has 0 saturated heterocycles. The third-order valence-electron chi connectivity index (χ3n) is 3.51. The highest BCUT2D eigenvalue weighted by Crippen LogP contribution is 2.25. The minimum atomic E-state index is -1.02. The van der Waals surface area contributed by atoms with Gasteiger partial charge in [-0.2, -0.15) is 0 Å². The van der Waals surface area contributed by atoms with Crippen molar-refractivity contribution >= 4 is 29.2 Å². The van der Waals surface area contributed by atoms with Crippen molar-refractivity contribution in [1.82, 2.24) is 5.32 Å². The minimum absolute atomic E-state index is 0.0927. The van der Waals surface area contributed by atoms with Crippen LogP contribution in [0, 0.1) is 0 Å². The van der Waals surface area contributed by atoms with Gasteiger partial charge in [-0.25, -0.2) is 0 Å². The van der Waals surface area contributed by atoms with Gasteiger partial charge < -0.3 is 10.4 Å². The Morgan fingerprint density at radius 1 is 0.800 bits per heavy atom. The molecule has 130 valence electrons. The van der Waals surface area contributed by atoms with E-state index < -0.39 is 5.97 Å². The van der Waals surface area contributed by atoms with Gasteiger partial charge in [0.25, 0.3) is 0 Å². The van der Waals surface area contributed by atoms with E-state index in [4.69, 9.17) is 5.11 Å². The maximum Gasteiger partial charge on any atom is 0.303 e. The molecule has 0 aromatic heterocycles. The lowest BCUT2D eigenvalue weighted by Gasteiger charge is -2.23. The van der Waals surface area contributed by atoms with Gasteiger partial charge in [-0.3, -0.25) is 19.3 Å². The van der Waals surface area contributed by atoms with Gasteiger partial charge >= 0.3 is 5.97 Å². The van der Waals surface area contributed by atoms with Crippen LogP contribution >= 0.6 is 0 Å². The number of carbonyl (C=O) groups excluding carboxylic acids is 2. The molecule has 2 rings (SSSR count). The Kier molecular flexibility index (Phi) is 6.71.